The molecule has 2 aromatic heterocycles. The number of carbonyl (C=O) groups excluding carboxylic acids is 4. The monoisotopic (exact) mass is 814 g/mol. The number of carbonyl (C=O) groups is 4. The Kier molecular flexibility index (Phi) is 12.2. The number of amides is 4. The average Bonchev–Trinajstić information content (AvgIpc) is 4.09. The van der Waals surface area contributed by atoms with Crippen molar-refractivity contribution < 1.29 is 28.7 Å². The number of methoxy groups -OCH3 is 2. The first-order chi connectivity index (χ1) is 27.5. The van der Waals surface area contributed by atoms with Crippen LogP contribution in [0.5, 0.6) is 0 Å². The lowest BCUT2D eigenvalue weighted by Gasteiger charge is -2.30. The smallest absolute Gasteiger partial charge is 0.407 e. The Hall–Kier alpha value is -4.96. The third-order valence-electron chi connectivity index (χ3n) is 11.0. The van der Waals surface area contributed by atoms with Crippen molar-refractivity contribution in [2.45, 2.75) is 74.7 Å². The Morgan fingerprint density at radius 1 is 0.789 bits per heavy atom. The number of hydrogen-bond donors (Lipinski definition) is 4. The van der Waals surface area contributed by atoms with Crippen LogP contribution in [0.2, 0.25) is 0 Å². The fraction of sp³-hybridized carbons (Fsp3) is 0.463. The van der Waals surface area contributed by atoms with Crippen molar-refractivity contribution in [3.8, 4) is 33.6 Å². The minimum absolute atomic E-state index is 0.0890. The van der Waals surface area contributed by atoms with Gasteiger partial charge < -0.3 is 39.9 Å². The van der Waals surface area contributed by atoms with Crippen molar-refractivity contribution in [2.24, 2.45) is 5.92 Å². The highest BCUT2D eigenvalue weighted by atomic mass is 32.2. The van der Waals surface area contributed by atoms with Gasteiger partial charge in [0.1, 0.15) is 23.7 Å². The molecule has 4 aromatic rings. The molecule has 0 radical (unpaired) electrons. The highest BCUT2D eigenvalue weighted by molar-refractivity contribution is 8.21. The summed E-state index contributed by atoms with van der Waals surface area (Å²) in [6, 6.07) is 14.8. The number of ether oxygens (including phenoxy) is 2. The Labute approximate surface area is 341 Å². The molecule has 3 aliphatic rings. The first-order valence-electron chi connectivity index (χ1n) is 19.4. The summed E-state index contributed by atoms with van der Waals surface area (Å²) in [7, 11) is 2.59. The second kappa shape index (κ2) is 17.3. The third kappa shape index (κ3) is 8.52. The molecule has 3 aliphatic heterocycles. The molecule has 302 valence electrons. The van der Waals surface area contributed by atoms with E-state index in [1.807, 2.05) is 60.3 Å². The SMILES string of the molecule is CC[C@H](NC(=O)OC)C(=O)N1CC2(C[C@H]1c1ncc(-c3ccc(-c4ccc(-c5cnc(C6CCCN6C(=O)[C@@H](NC(=O)OC)C(C)C)[nH]5)cc4)cc3)[nH]1)SCCS2. The summed E-state index contributed by atoms with van der Waals surface area (Å²) in [6.07, 6.45) is 5.25. The molecule has 2 aromatic carbocycles. The van der Waals surface area contributed by atoms with Crippen LogP contribution in [0.4, 0.5) is 9.59 Å². The quantitative estimate of drug-likeness (QED) is 0.127. The molecule has 0 saturated carbocycles. The van der Waals surface area contributed by atoms with Crippen molar-refractivity contribution in [1.29, 1.82) is 0 Å². The lowest BCUT2D eigenvalue weighted by Crippen LogP contribution is -2.51. The van der Waals surface area contributed by atoms with Gasteiger partial charge in [-0.15, -0.1) is 23.5 Å². The van der Waals surface area contributed by atoms with E-state index < -0.39 is 24.3 Å². The minimum atomic E-state index is -0.688. The Morgan fingerprint density at radius 3 is 1.84 bits per heavy atom. The fourth-order valence-electron chi connectivity index (χ4n) is 7.94. The second-order valence-corrected chi connectivity index (χ2v) is 18.2. The van der Waals surface area contributed by atoms with Crippen molar-refractivity contribution >= 4 is 47.5 Å². The third-order valence-corrected chi connectivity index (χ3v) is 14.5. The predicted octanol–water partition coefficient (Wildman–Crippen LogP) is 6.76. The maximum Gasteiger partial charge on any atom is 0.407 e. The van der Waals surface area contributed by atoms with Gasteiger partial charge in [0.25, 0.3) is 0 Å². The van der Waals surface area contributed by atoms with Gasteiger partial charge in [-0.05, 0) is 47.4 Å². The van der Waals surface area contributed by atoms with Gasteiger partial charge in [-0.25, -0.2) is 19.6 Å². The highest BCUT2D eigenvalue weighted by Gasteiger charge is 2.51. The van der Waals surface area contributed by atoms with Gasteiger partial charge in [-0.1, -0.05) is 69.3 Å². The zero-order valence-corrected chi connectivity index (χ0v) is 34.5. The van der Waals surface area contributed by atoms with E-state index in [9.17, 15) is 19.2 Å². The molecule has 14 nitrogen and oxygen atoms in total. The van der Waals surface area contributed by atoms with Crippen LogP contribution in [0.3, 0.4) is 0 Å². The van der Waals surface area contributed by atoms with Crippen molar-refractivity contribution in [3.05, 3.63) is 72.6 Å². The van der Waals surface area contributed by atoms with Crippen molar-refractivity contribution in [1.82, 2.24) is 40.4 Å². The van der Waals surface area contributed by atoms with Crippen molar-refractivity contribution in [2.75, 3.05) is 38.8 Å². The van der Waals surface area contributed by atoms with E-state index in [-0.39, 0.29) is 33.9 Å². The van der Waals surface area contributed by atoms with Gasteiger partial charge >= 0.3 is 12.2 Å². The summed E-state index contributed by atoms with van der Waals surface area (Å²) in [5, 5.41) is 5.40. The zero-order chi connectivity index (χ0) is 40.3. The number of nitrogens with zero attached hydrogens (tertiary/aromatic N) is 4. The summed E-state index contributed by atoms with van der Waals surface area (Å²) < 4.78 is 9.46. The standard InChI is InChI=1S/C41H50N8O6S2/c1-6-29(46-39(52)54-4)37(50)49-23-41(56-18-19-57-41)20-33(49)36-43-22-31(45-36)28-15-11-26(12-16-28)25-9-13-27(14-10-25)30-21-42-35(44-30)32-8-7-17-48(32)38(51)34(24(2)3)47-40(53)55-5/h9-16,21-22,24,29,32-34H,6-8,17-20,23H2,1-5H3,(H,42,44)(H,43,45)(H,46,52)(H,47,53)/t29-,32?,33-,34-/m0/s1. The van der Waals surface area contributed by atoms with Crippen LogP contribution in [0.1, 0.15) is 70.2 Å². The highest BCUT2D eigenvalue weighted by Crippen LogP contribution is 2.55. The summed E-state index contributed by atoms with van der Waals surface area (Å²) in [5.41, 5.74) is 5.80. The van der Waals surface area contributed by atoms with Crippen LogP contribution < -0.4 is 10.6 Å². The number of rotatable bonds is 11. The van der Waals surface area contributed by atoms with Gasteiger partial charge in [0.2, 0.25) is 11.8 Å². The number of imidazole rings is 2. The van der Waals surface area contributed by atoms with Gasteiger partial charge in [-0.3, -0.25) is 9.59 Å². The van der Waals surface area contributed by atoms with Crippen LogP contribution >= 0.6 is 23.5 Å². The van der Waals surface area contributed by atoms with E-state index in [0.717, 1.165) is 76.1 Å². The molecule has 4 atom stereocenters. The van der Waals surface area contributed by atoms with Gasteiger partial charge in [-0.2, -0.15) is 0 Å². The lowest BCUT2D eigenvalue weighted by atomic mass is 10.0. The van der Waals surface area contributed by atoms with Crippen LogP contribution in [0, 0.1) is 5.92 Å². The molecular weight excluding hydrogens is 765 g/mol. The van der Waals surface area contributed by atoms with Gasteiger partial charge in [0, 0.05) is 31.0 Å². The maximum absolute atomic E-state index is 13.8. The number of aromatic amines is 2. The summed E-state index contributed by atoms with van der Waals surface area (Å²) in [4.78, 5) is 71.5. The number of thioether (sulfide) groups is 2. The lowest BCUT2D eigenvalue weighted by molar-refractivity contribution is -0.135. The predicted molar refractivity (Wildman–Crippen MR) is 221 cm³/mol. The van der Waals surface area contributed by atoms with E-state index in [1.165, 1.54) is 14.2 Å². The maximum atomic E-state index is 13.8. The summed E-state index contributed by atoms with van der Waals surface area (Å²) >= 11 is 3.81. The Morgan fingerprint density at radius 2 is 1.32 bits per heavy atom. The molecular formula is C41H50N8O6S2. The number of aromatic nitrogens is 4. The van der Waals surface area contributed by atoms with E-state index in [4.69, 9.17) is 14.5 Å². The topological polar surface area (TPSA) is 175 Å². The van der Waals surface area contributed by atoms with E-state index >= 15 is 0 Å². The Bertz CT molecular complexity index is 2060. The van der Waals surface area contributed by atoms with Crippen molar-refractivity contribution in [3.63, 3.8) is 0 Å². The fourth-order valence-corrected chi connectivity index (χ4v) is 11.2. The molecule has 1 spiro atoms. The van der Waals surface area contributed by atoms with E-state index in [2.05, 4.69) is 74.1 Å². The van der Waals surface area contributed by atoms with E-state index in [0.29, 0.717) is 19.5 Å². The largest absolute Gasteiger partial charge is 0.453 e. The van der Waals surface area contributed by atoms with E-state index in [1.54, 1.807) is 6.20 Å². The number of hydrogen-bond acceptors (Lipinski definition) is 10. The molecule has 0 bridgehead atoms. The number of nitrogens with one attached hydrogen (secondary N) is 4. The van der Waals surface area contributed by atoms with Crippen LogP contribution in [0.25, 0.3) is 33.6 Å². The molecule has 3 saturated heterocycles. The van der Waals surface area contributed by atoms with Crippen LogP contribution in [-0.2, 0) is 19.1 Å². The minimum Gasteiger partial charge on any atom is -0.453 e. The second-order valence-electron chi connectivity index (χ2n) is 15.0. The molecule has 1 unspecified atom stereocenters. The van der Waals surface area contributed by atoms with Crippen LogP contribution in [-0.4, -0.2) is 109 Å². The number of H-pyrrole nitrogens is 2. The molecule has 5 heterocycles. The number of benzene rings is 2. The molecule has 4 N–H and O–H groups in total. The first kappa shape index (κ1) is 40.2. The summed E-state index contributed by atoms with van der Waals surface area (Å²) in [5.74, 6) is 3.17. The van der Waals surface area contributed by atoms with Gasteiger partial charge in [0.05, 0.1) is 54.2 Å². The number of likely N-dealkylation sites (tertiary alicyclic amines) is 2. The average molecular weight is 815 g/mol. The molecule has 3 fully saturated rings. The van der Waals surface area contributed by atoms with Crippen LogP contribution in [0.15, 0.2) is 60.9 Å². The number of alkyl carbamates (subject to hydrolysis) is 2. The molecule has 0 aliphatic carbocycles. The molecule has 4 amide bonds. The molecule has 7 rings (SSSR count). The van der Waals surface area contributed by atoms with Gasteiger partial charge in [0.15, 0.2) is 0 Å². The summed E-state index contributed by atoms with van der Waals surface area (Å²) in [6.45, 7) is 6.87. The Balaban J connectivity index is 1.02. The molecule has 16 heteroatoms. The first-order valence-corrected chi connectivity index (χ1v) is 21.4. The zero-order valence-electron chi connectivity index (χ0n) is 32.9. The normalized spacial score (nSPS) is 19.8. The molecule has 57 heavy (non-hydrogen) atoms.